The second kappa shape index (κ2) is 6.95. The fourth-order valence-corrected chi connectivity index (χ4v) is 1.77. The first-order chi connectivity index (χ1) is 10.9. The number of alkyl halides is 3. The number of hydrazone groups is 1. The number of hydrogen-bond donors (Lipinski definition) is 1. The van der Waals surface area contributed by atoms with Crippen molar-refractivity contribution in [3.63, 3.8) is 0 Å². The van der Waals surface area contributed by atoms with E-state index in [1.54, 1.807) is 24.3 Å². The number of benzene rings is 2. The van der Waals surface area contributed by atoms with Crippen LogP contribution in [0.4, 0.5) is 18.9 Å². The Labute approximate surface area is 130 Å². The molecule has 2 aromatic rings. The molecule has 4 nitrogen and oxygen atoms in total. The zero-order valence-electron chi connectivity index (χ0n) is 12.1. The van der Waals surface area contributed by atoms with Gasteiger partial charge in [0.1, 0.15) is 0 Å². The molecule has 0 unspecified atom stereocenters. The second-order valence-corrected chi connectivity index (χ2v) is 4.56. The molecular weight excluding hydrogens is 309 g/mol. The third-order valence-electron chi connectivity index (χ3n) is 2.93. The topological polar surface area (TPSA) is 50.7 Å². The number of carbonyl (C=O) groups is 1. The van der Waals surface area contributed by atoms with Crippen molar-refractivity contribution in [1.29, 1.82) is 0 Å². The molecule has 7 heteroatoms. The quantitative estimate of drug-likeness (QED) is 0.527. The van der Waals surface area contributed by atoms with E-state index >= 15 is 0 Å². The number of nitrogens with zero attached hydrogens (tertiary/aromatic N) is 1. The van der Waals surface area contributed by atoms with Crippen molar-refractivity contribution in [2.24, 2.45) is 5.10 Å². The van der Waals surface area contributed by atoms with Gasteiger partial charge in [-0.2, -0.15) is 18.3 Å². The molecule has 0 heterocycles. The number of carbonyl (C=O) groups excluding carboxylic acids is 1. The molecule has 0 aromatic heterocycles. The standard InChI is InChI=1S/C16H13F3N2O2/c1-23-15(22)12-7-5-11(6-8-12)10-20-21-14-4-2-3-13(9-14)16(17,18)19/h2-10,21H,1H3. The van der Waals surface area contributed by atoms with Crippen LogP contribution in [-0.2, 0) is 10.9 Å². The van der Waals surface area contributed by atoms with Gasteiger partial charge in [-0.05, 0) is 35.9 Å². The summed E-state index contributed by atoms with van der Waals surface area (Å²) in [5.41, 5.74) is 3.08. The molecule has 0 spiro atoms. The minimum atomic E-state index is -4.40. The first kappa shape index (κ1) is 16.5. The number of nitrogens with one attached hydrogen (secondary N) is 1. The van der Waals surface area contributed by atoms with Crippen LogP contribution in [0.2, 0.25) is 0 Å². The molecule has 0 saturated carbocycles. The number of rotatable bonds is 4. The molecule has 0 fully saturated rings. The van der Waals surface area contributed by atoms with Crippen LogP contribution in [0.5, 0.6) is 0 Å². The maximum Gasteiger partial charge on any atom is 0.416 e. The van der Waals surface area contributed by atoms with Crippen LogP contribution < -0.4 is 5.43 Å². The molecule has 0 atom stereocenters. The average Bonchev–Trinajstić information content (AvgIpc) is 2.54. The summed E-state index contributed by atoms with van der Waals surface area (Å²) in [5, 5.41) is 3.87. The van der Waals surface area contributed by atoms with E-state index in [1.165, 1.54) is 25.5 Å². The Morgan fingerprint density at radius 1 is 1.17 bits per heavy atom. The molecule has 1 N–H and O–H groups in total. The SMILES string of the molecule is COC(=O)c1ccc(C=NNc2cccc(C(F)(F)F)c2)cc1. The van der Waals surface area contributed by atoms with E-state index in [4.69, 9.17) is 0 Å². The number of halogens is 3. The van der Waals surface area contributed by atoms with E-state index in [1.807, 2.05) is 0 Å². The maximum atomic E-state index is 12.6. The molecule has 0 saturated heterocycles. The number of hydrogen-bond acceptors (Lipinski definition) is 4. The summed E-state index contributed by atoms with van der Waals surface area (Å²) >= 11 is 0. The molecule has 120 valence electrons. The van der Waals surface area contributed by atoms with Crippen LogP contribution in [0.25, 0.3) is 0 Å². The maximum absolute atomic E-state index is 12.6. The monoisotopic (exact) mass is 322 g/mol. The van der Waals surface area contributed by atoms with Gasteiger partial charge in [0.25, 0.3) is 0 Å². The summed E-state index contributed by atoms with van der Waals surface area (Å²) in [4.78, 5) is 11.3. The van der Waals surface area contributed by atoms with Gasteiger partial charge in [0.05, 0.1) is 30.1 Å². The van der Waals surface area contributed by atoms with Crippen molar-refractivity contribution in [1.82, 2.24) is 0 Å². The predicted octanol–water partition coefficient (Wildman–Crippen LogP) is 3.94. The highest BCUT2D eigenvalue weighted by molar-refractivity contribution is 5.90. The summed E-state index contributed by atoms with van der Waals surface area (Å²) in [5.74, 6) is -0.449. The lowest BCUT2D eigenvalue weighted by Gasteiger charge is -2.08. The van der Waals surface area contributed by atoms with E-state index in [2.05, 4.69) is 15.3 Å². The molecule has 0 aliphatic carbocycles. The summed E-state index contributed by atoms with van der Waals surface area (Å²) in [7, 11) is 1.29. The molecule has 0 aliphatic heterocycles. The smallest absolute Gasteiger partial charge is 0.416 e. The Morgan fingerprint density at radius 3 is 2.48 bits per heavy atom. The third-order valence-corrected chi connectivity index (χ3v) is 2.93. The molecule has 0 bridgehead atoms. The van der Waals surface area contributed by atoms with Crippen LogP contribution >= 0.6 is 0 Å². The van der Waals surface area contributed by atoms with Crippen molar-refractivity contribution >= 4 is 17.9 Å². The Balaban J connectivity index is 2.03. The summed E-state index contributed by atoms with van der Waals surface area (Å²) < 4.78 is 42.3. The van der Waals surface area contributed by atoms with E-state index in [9.17, 15) is 18.0 Å². The highest BCUT2D eigenvalue weighted by atomic mass is 19.4. The molecule has 0 radical (unpaired) electrons. The van der Waals surface area contributed by atoms with E-state index in [-0.39, 0.29) is 5.69 Å². The number of anilines is 1. The lowest BCUT2D eigenvalue weighted by molar-refractivity contribution is -0.137. The highest BCUT2D eigenvalue weighted by Crippen LogP contribution is 2.30. The van der Waals surface area contributed by atoms with Crippen LogP contribution in [0.1, 0.15) is 21.5 Å². The van der Waals surface area contributed by atoms with Gasteiger partial charge < -0.3 is 4.74 Å². The summed E-state index contributed by atoms with van der Waals surface area (Å²) in [6.07, 6.45) is -2.97. The third kappa shape index (κ3) is 4.57. The fourth-order valence-electron chi connectivity index (χ4n) is 1.77. The number of methoxy groups -OCH3 is 1. The molecule has 23 heavy (non-hydrogen) atoms. The van der Waals surface area contributed by atoms with Crippen LogP contribution in [0.3, 0.4) is 0 Å². The van der Waals surface area contributed by atoms with Crippen LogP contribution in [-0.4, -0.2) is 19.3 Å². The molecule has 2 rings (SSSR count). The summed E-state index contributed by atoms with van der Waals surface area (Å²) in [6.45, 7) is 0. The molecular formula is C16H13F3N2O2. The Morgan fingerprint density at radius 2 is 1.87 bits per heavy atom. The highest BCUT2D eigenvalue weighted by Gasteiger charge is 2.30. The van der Waals surface area contributed by atoms with Crippen LogP contribution in [0, 0.1) is 0 Å². The van der Waals surface area contributed by atoms with Gasteiger partial charge in [0.2, 0.25) is 0 Å². The van der Waals surface area contributed by atoms with Crippen molar-refractivity contribution < 1.29 is 22.7 Å². The van der Waals surface area contributed by atoms with E-state index in [0.29, 0.717) is 11.1 Å². The first-order valence-corrected chi connectivity index (χ1v) is 6.55. The largest absolute Gasteiger partial charge is 0.465 e. The predicted molar refractivity (Wildman–Crippen MR) is 80.4 cm³/mol. The van der Waals surface area contributed by atoms with Gasteiger partial charge in [-0.1, -0.05) is 18.2 Å². The first-order valence-electron chi connectivity index (χ1n) is 6.55. The Kier molecular flexibility index (Phi) is 5.00. The molecule has 0 aliphatic rings. The lowest BCUT2D eigenvalue weighted by atomic mass is 10.1. The van der Waals surface area contributed by atoms with Gasteiger partial charge >= 0.3 is 12.1 Å². The van der Waals surface area contributed by atoms with Gasteiger partial charge in [0.15, 0.2) is 0 Å². The summed E-state index contributed by atoms with van der Waals surface area (Å²) in [6, 6.07) is 11.2. The zero-order valence-corrected chi connectivity index (χ0v) is 12.1. The number of ether oxygens (including phenoxy) is 1. The van der Waals surface area contributed by atoms with Crippen molar-refractivity contribution in [2.75, 3.05) is 12.5 Å². The Bertz CT molecular complexity index is 710. The van der Waals surface area contributed by atoms with Crippen molar-refractivity contribution in [3.8, 4) is 0 Å². The minimum Gasteiger partial charge on any atom is -0.465 e. The molecule has 0 amide bonds. The van der Waals surface area contributed by atoms with Gasteiger partial charge in [-0.3, -0.25) is 5.43 Å². The lowest BCUT2D eigenvalue weighted by Crippen LogP contribution is -2.05. The normalized spacial score (nSPS) is 11.5. The number of esters is 1. The molecule has 2 aromatic carbocycles. The van der Waals surface area contributed by atoms with Gasteiger partial charge in [0, 0.05) is 0 Å². The van der Waals surface area contributed by atoms with E-state index < -0.39 is 17.7 Å². The van der Waals surface area contributed by atoms with Crippen LogP contribution in [0.15, 0.2) is 53.6 Å². The van der Waals surface area contributed by atoms with Gasteiger partial charge in [-0.15, -0.1) is 0 Å². The average molecular weight is 322 g/mol. The fraction of sp³-hybridized carbons (Fsp3) is 0.125. The Hall–Kier alpha value is -2.83. The minimum absolute atomic E-state index is 0.224. The van der Waals surface area contributed by atoms with E-state index in [0.717, 1.165) is 12.1 Å². The zero-order chi connectivity index (χ0) is 16.9. The van der Waals surface area contributed by atoms with Crippen molar-refractivity contribution in [3.05, 3.63) is 65.2 Å². The van der Waals surface area contributed by atoms with Gasteiger partial charge in [-0.25, -0.2) is 4.79 Å². The van der Waals surface area contributed by atoms with Crippen molar-refractivity contribution in [2.45, 2.75) is 6.18 Å². The second-order valence-electron chi connectivity index (χ2n) is 4.56.